The molecule has 0 spiro atoms. The first kappa shape index (κ1) is 21.0. The summed E-state index contributed by atoms with van der Waals surface area (Å²) in [6.45, 7) is 3.06. The van der Waals surface area contributed by atoms with Gasteiger partial charge < -0.3 is 14.5 Å². The second-order valence-electron chi connectivity index (χ2n) is 6.83. The van der Waals surface area contributed by atoms with Gasteiger partial charge in [0.15, 0.2) is 24.0 Å². The van der Waals surface area contributed by atoms with Crippen LogP contribution in [0.25, 0.3) is 11.3 Å². The maximum Gasteiger partial charge on any atom is 0.306 e. The van der Waals surface area contributed by atoms with Gasteiger partial charge >= 0.3 is 5.97 Å². The number of nitrogens with zero attached hydrogens (tertiary/aromatic N) is 1. The van der Waals surface area contributed by atoms with Gasteiger partial charge in [0.1, 0.15) is 0 Å². The number of carbonyl (C=O) groups excluding carboxylic acids is 3. The molecule has 154 valence electrons. The van der Waals surface area contributed by atoms with Gasteiger partial charge in [-0.1, -0.05) is 29.8 Å². The molecule has 7 heteroatoms. The topological polar surface area (TPSA) is 98.5 Å². The number of benzene rings is 2. The summed E-state index contributed by atoms with van der Waals surface area (Å²) in [6.07, 6.45) is 1.96. The second-order valence-corrected chi connectivity index (χ2v) is 6.83. The largest absolute Gasteiger partial charge is 0.457 e. The summed E-state index contributed by atoms with van der Waals surface area (Å²) in [5, 5.41) is 2.62. The Morgan fingerprint density at radius 2 is 1.73 bits per heavy atom. The summed E-state index contributed by atoms with van der Waals surface area (Å²) in [6, 6.07) is 14.2. The standard InChI is InChI=1S/C23H22N2O5/c1-15-3-5-18(6-4-15)21-13-24-22(30-21)11-12-23(28)29-14-20(27)17-7-9-19(10-8-17)25-16(2)26/h3-10,13H,11-12,14H2,1-2H3,(H,25,26). The fraction of sp³-hybridized carbons (Fsp3) is 0.217. The summed E-state index contributed by atoms with van der Waals surface area (Å²) in [5.41, 5.74) is 3.05. The van der Waals surface area contributed by atoms with Crippen LogP contribution in [0.4, 0.5) is 5.69 Å². The summed E-state index contributed by atoms with van der Waals surface area (Å²) >= 11 is 0. The smallest absolute Gasteiger partial charge is 0.306 e. The number of hydrogen-bond donors (Lipinski definition) is 1. The number of esters is 1. The van der Waals surface area contributed by atoms with Crippen LogP contribution in [-0.2, 0) is 20.7 Å². The number of anilines is 1. The van der Waals surface area contributed by atoms with Gasteiger partial charge in [-0.3, -0.25) is 14.4 Å². The Bertz CT molecular complexity index is 1040. The van der Waals surface area contributed by atoms with Gasteiger partial charge in [0.25, 0.3) is 0 Å². The number of carbonyl (C=O) groups is 3. The molecule has 1 heterocycles. The predicted molar refractivity (Wildman–Crippen MR) is 111 cm³/mol. The molecule has 0 fully saturated rings. The van der Waals surface area contributed by atoms with Crippen molar-refractivity contribution in [3.8, 4) is 11.3 Å². The number of aryl methyl sites for hydroxylation is 2. The monoisotopic (exact) mass is 406 g/mol. The number of nitrogens with one attached hydrogen (secondary N) is 1. The minimum Gasteiger partial charge on any atom is -0.457 e. The first-order valence-corrected chi connectivity index (χ1v) is 9.49. The van der Waals surface area contributed by atoms with Gasteiger partial charge in [-0.25, -0.2) is 4.98 Å². The first-order valence-electron chi connectivity index (χ1n) is 9.49. The molecular formula is C23H22N2O5. The summed E-state index contributed by atoms with van der Waals surface area (Å²) in [7, 11) is 0. The lowest BCUT2D eigenvalue weighted by Gasteiger charge is -2.05. The number of ether oxygens (including phenoxy) is 1. The molecule has 0 aliphatic heterocycles. The van der Waals surface area contributed by atoms with Crippen molar-refractivity contribution in [1.29, 1.82) is 0 Å². The van der Waals surface area contributed by atoms with E-state index in [1.165, 1.54) is 6.92 Å². The summed E-state index contributed by atoms with van der Waals surface area (Å²) < 4.78 is 10.7. The Morgan fingerprint density at radius 1 is 1.03 bits per heavy atom. The molecule has 3 aromatic rings. The van der Waals surface area contributed by atoms with E-state index in [-0.39, 0.29) is 31.1 Å². The lowest BCUT2D eigenvalue weighted by molar-refractivity contribution is -0.142. The molecular weight excluding hydrogens is 384 g/mol. The van der Waals surface area contributed by atoms with Gasteiger partial charge in [0.05, 0.1) is 12.6 Å². The van der Waals surface area contributed by atoms with E-state index in [0.717, 1.165) is 11.1 Å². The lowest BCUT2D eigenvalue weighted by Crippen LogP contribution is -2.14. The molecule has 0 saturated heterocycles. The third-order valence-corrected chi connectivity index (χ3v) is 4.32. The van der Waals surface area contributed by atoms with E-state index in [1.807, 2.05) is 31.2 Å². The van der Waals surface area contributed by atoms with Crippen molar-refractivity contribution in [3.05, 3.63) is 71.7 Å². The van der Waals surface area contributed by atoms with Crippen LogP contribution in [0.2, 0.25) is 0 Å². The SMILES string of the molecule is CC(=O)Nc1ccc(C(=O)COC(=O)CCc2ncc(-c3ccc(C)cc3)o2)cc1. The second kappa shape index (κ2) is 9.65. The Kier molecular flexibility index (Phi) is 6.75. The number of Topliss-reactive ketones (excluding diaryl/α,β-unsaturated/α-hetero) is 1. The quantitative estimate of drug-likeness (QED) is 0.449. The molecule has 0 aliphatic carbocycles. The molecule has 0 aliphatic rings. The van der Waals surface area contributed by atoms with E-state index in [4.69, 9.17) is 9.15 Å². The van der Waals surface area contributed by atoms with E-state index in [2.05, 4.69) is 10.3 Å². The molecule has 7 nitrogen and oxygen atoms in total. The number of hydrogen-bond acceptors (Lipinski definition) is 6. The summed E-state index contributed by atoms with van der Waals surface area (Å²) in [5.74, 6) is 0.0440. The van der Waals surface area contributed by atoms with Crippen LogP contribution in [0.3, 0.4) is 0 Å². The highest BCUT2D eigenvalue weighted by Crippen LogP contribution is 2.21. The Morgan fingerprint density at radius 3 is 2.40 bits per heavy atom. The molecule has 0 saturated carbocycles. The molecule has 1 amide bonds. The normalized spacial score (nSPS) is 10.5. The Labute approximate surface area is 174 Å². The molecule has 2 aromatic carbocycles. The van der Waals surface area contributed by atoms with Crippen LogP contribution < -0.4 is 5.32 Å². The average Bonchev–Trinajstić information content (AvgIpc) is 3.20. The third-order valence-electron chi connectivity index (χ3n) is 4.32. The van der Waals surface area contributed by atoms with Crippen LogP contribution >= 0.6 is 0 Å². The number of ketones is 1. The minimum absolute atomic E-state index is 0.0581. The lowest BCUT2D eigenvalue weighted by atomic mass is 10.1. The molecule has 1 aromatic heterocycles. The zero-order valence-electron chi connectivity index (χ0n) is 16.8. The maximum atomic E-state index is 12.1. The van der Waals surface area contributed by atoms with Crippen molar-refractivity contribution >= 4 is 23.3 Å². The Balaban J connectivity index is 1.45. The van der Waals surface area contributed by atoms with Gasteiger partial charge in [0.2, 0.25) is 5.91 Å². The molecule has 0 radical (unpaired) electrons. The fourth-order valence-corrected chi connectivity index (χ4v) is 2.73. The van der Waals surface area contributed by atoms with E-state index in [9.17, 15) is 14.4 Å². The van der Waals surface area contributed by atoms with Crippen LogP contribution in [0.5, 0.6) is 0 Å². The van der Waals surface area contributed by atoms with E-state index in [1.54, 1.807) is 30.5 Å². The molecule has 0 bridgehead atoms. The molecule has 30 heavy (non-hydrogen) atoms. The molecule has 3 rings (SSSR count). The summed E-state index contributed by atoms with van der Waals surface area (Å²) in [4.78, 5) is 39.3. The van der Waals surface area contributed by atoms with Gasteiger partial charge in [0, 0.05) is 30.2 Å². The van der Waals surface area contributed by atoms with Crippen molar-refractivity contribution in [2.75, 3.05) is 11.9 Å². The van der Waals surface area contributed by atoms with Crippen molar-refractivity contribution in [1.82, 2.24) is 4.98 Å². The average molecular weight is 406 g/mol. The molecule has 0 unspecified atom stereocenters. The van der Waals surface area contributed by atoms with E-state index < -0.39 is 5.97 Å². The maximum absolute atomic E-state index is 12.1. The predicted octanol–water partition coefficient (Wildman–Crippen LogP) is 3.97. The van der Waals surface area contributed by atoms with Crippen molar-refractivity contribution in [2.24, 2.45) is 0 Å². The number of rotatable bonds is 8. The highest BCUT2D eigenvalue weighted by Gasteiger charge is 2.13. The zero-order chi connectivity index (χ0) is 21.5. The van der Waals surface area contributed by atoms with E-state index in [0.29, 0.717) is 22.9 Å². The number of aromatic nitrogens is 1. The van der Waals surface area contributed by atoms with Crippen LogP contribution in [0.15, 0.2) is 59.1 Å². The zero-order valence-corrected chi connectivity index (χ0v) is 16.8. The molecule has 1 N–H and O–H groups in total. The molecule has 0 atom stereocenters. The van der Waals surface area contributed by atoms with Crippen molar-refractivity contribution in [2.45, 2.75) is 26.7 Å². The van der Waals surface area contributed by atoms with Gasteiger partial charge in [-0.15, -0.1) is 0 Å². The van der Waals surface area contributed by atoms with Crippen molar-refractivity contribution in [3.63, 3.8) is 0 Å². The highest BCUT2D eigenvalue weighted by atomic mass is 16.5. The van der Waals surface area contributed by atoms with Crippen LogP contribution in [0.1, 0.15) is 35.2 Å². The first-order chi connectivity index (χ1) is 14.4. The number of amides is 1. The minimum atomic E-state index is -0.506. The van der Waals surface area contributed by atoms with Gasteiger partial charge in [-0.2, -0.15) is 0 Å². The fourth-order valence-electron chi connectivity index (χ4n) is 2.73. The van der Waals surface area contributed by atoms with Crippen LogP contribution in [0, 0.1) is 6.92 Å². The Hall–Kier alpha value is -3.74. The highest BCUT2D eigenvalue weighted by molar-refractivity contribution is 5.98. The van der Waals surface area contributed by atoms with Crippen LogP contribution in [-0.4, -0.2) is 29.3 Å². The van der Waals surface area contributed by atoms with Crippen molar-refractivity contribution < 1.29 is 23.5 Å². The van der Waals surface area contributed by atoms with E-state index >= 15 is 0 Å². The number of oxazole rings is 1. The third kappa shape index (κ3) is 5.88. The van der Waals surface area contributed by atoms with Gasteiger partial charge in [-0.05, 0) is 31.2 Å².